The molecule has 1 aromatic heterocycles. The molecule has 1 heterocycles. The van der Waals surface area contributed by atoms with Gasteiger partial charge in [0.1, 0.15) is 0 Å². The van der Waals surface area contributed by atoms with E-state index in [4.69, 9.17) is 21.8 Å². The molecule has 0 aliphatic carbocycles. The van der Waals surface area contributed by atoms with Gasteiger partial charge in [0, 0.05) is 11.6 Å². The SMILES string of the molecule is O=C(O)n1ccc2c(Cl)c(CO)ccc21. The molecule has 4 nitrogen and oxygen atoms in total. The summed E-state index contributed by atoms with van der Waals surface area (Å²) in [6.45, 7) is -0.160. The van der Waals surface area contributed by atoms with Crippen LogP contribution in [0.15, 0.2) is 24.4 Å². The van der Waals surface area contributed by atoms with Crippen LogP contribution in [-0.4, -0.2) is 20.9 Å². The van der Waals surface area contributed by atoms with Crippen molar-refractivity contribution < 1.29 is 15.0 Å². The van der Waals surface area contributed by atoms with Crippen LogP contribution in [0.1, 0.15) is 5.56 Å². The Labute approximate surface area is 90.3 Å². The molecule has 0 saturated carbocycles. The minimum absolute atomic E-state index is 0.160. The van der Waals surface area contributed by atoms with Crippen molar-refractivity contribution in [3.05, 3.63) is 35.0 Å². The summed E-state index contributed by atoms with van der Waals surface area (Å²) in [5, 5.41) is 18.9. The van der Waals surface area contributed by atoms with E-state index in [1.807, 2.05) is 0 Å². The molecule has 1 aromatic carbocycles. The predicted octanol–water partition coefficient (Wildman–Crippen LogP) is 2.31. The second kappa shape index (κ2) is 3.56. The van der Waals surface area contributed by atoms with Crippen molar-refractivity contribution in [3.8, 4) is 0 Å². The summed E-state index contributed by atoms with van der Waals surface area (Å²) in [4.78, 5) is 10.8. The fraction of sp³-hybridized carbons (Fsp3) is 0.100. The van der Waals surface area contributed by atoms with Gasteiger partial charge in [-0.15, -0.1) is 0 Å². The second-order valence-electron chi connectivity index (χ2n) is 3.10. The van der Waals surface area contributed by atoms with Crippen molar-refractivity contribution >= 4 is 28.6 Å². The van der Waals surface area contributed by atoms with Crippen molar-refractivity contribution in [3.63, 3.8) is 0 Å². The lowest BCUT2D eigenvalue weighted by atomic mass is 10.1. The standard InChI is InChI=1S/C10H8ClNO3/c11-9-6(5-13)1-2-8-7(9)3-4-12(8)10(14)15/h1-4,13H,5H2,(H,14,15). The summed E-state index contributed by atoms with van der Waals surface area (Å²) in [5.41, 5.74) is 1.11. The molecular weight excluding hydrogens is 218 g/mol. The van der Waals surface area contributed by atoms with Gasteiger partial charge in [0.2, 0.25) is 0 Å². The highest BCUT2D eigenvalue weighted by Gasteiger charge is 2.11. The van der Waals surface area contributed by atoms with Crippen LogP contribution in [0.4, 0.5) is 4.79 Å². The van der Waals surface area contributed by atoms with Gasteiger partial charge in [-0.25, -0.2) is 4.79 Å². The molecule has 15 heavy (non-hydrogen) atoms. The Hall–Kier alpha value is -1.52. The first-order valence-electron chi connectivity index (χ1n) is 4.27. The van der Waals surface area contributed by atoms with E-state index in [1.165, 1.54) is 6.20 Å². The number of rotatable bonds is 1. The number of carbonyl (C=O) groups is 1. The molecule has 78 valence electrons. The lowest BCUT2D eigenvalue weighted by Gasteiger charge is -2.03. The maximum Gasteiger partial charge on any atom is 0.416 e. The average molecular weight is 226 g/mol. The van der Waals surface area contributed by atoms with Crippen LogP contribution in [0.2, 0.25) is 5.02 Å². The Morgan fingerprint density at radius 1 is 1.40 bits per heavy atom. The third-order valence-corrected chi connectivity index (χ3v) is 2.71. The molecule has 0 fully saturated rings. The molecule has 0 amide bonds. The van der Waals surface area contributed by atoms with E-state index in [2.05, 4.69) is 0 Å². The van der Waals surface area contributed by atoms with Gasteiger partial charge >= 0.3 is 6.09 Å². The van der Waals surface area contributed by atoms with Gasteiger partial charge in [0.05, 0.1) is 17.1 Å². The van der Waals surface area contributed by atoms with Crippen LogP contribution >= 0.6 is 11.6 Å². The quantitative estimate of drug-likeness (QED) is 0.783. The average Bonchev–Trinajstić information content (AvgIpc) is 2.62. The Bertz CT molecular complexity index is 533. The van der Waals surface area contributed by atoms with Crippen molar-refractivity contribution in [2.75, 3.05) is 0 Å². The third-order valence-electron chi connectivity index (χ3n) is 2.26. The number of halogens is 1. The highest BCUT2D eigenvalue weighted by atomic mass is 35.5. The topological polar surface area (TPSA) is 62.5 Å². The number of carboxylic acid groups (broad SMARTS) is 1. The Morgan fingerprint density at radius 2 is 2.13 bits per heavy atom. The number of nitrogens with zero attached hydrogens (tertiary/aromatic N) is 1. The molecule has 2 aromatic rings. The van der Waals surface area contributed by atoms with E-state index >= 15 is 0 Å². The molecule has 0 unspecified atom stereocenters. The van der Waals surface area contributed by atoms with E-state index in [1.54, 1.807) is 18.2 Å². The molecule has 2 N–H and O–H groups in total. The van der Waals surface area contributed by atoms with Gasteiger partial charge in [-0.2, -0.15) is 0 Å². The summed E-state index contributed by atoms with van der Waals surface area (Å²) < 4.78 is 1.09. The largest absolute Gasteiger partial charge is 0.464 e. The minimum atomic E-state index is -1.06. The number of fused-ring (bicyclic) bond motifs is 1. The fourth-order valence-corrected chi connectivity index (χ4v) is 1.80. The zero-order valence-electron chi connectivity index (χ0n) is 7.64. The monoisotopic (exact) mass is 225 g/mol. The van der Waals surface area contributed by atoms with E-state index in [0.717, 1.165) is 4.57 Å². The highest BCUT2D eigenvalue weighted by molar-refractivity contribution is 6.36. The van der Waals surface area contributed by atoms with Gasteiger partial charge < -0.3 is 10.2 Å². The smallest absolute Gasteiger partial charge is 0.416 e. The molecule has 5 heteroatoms. The summed E-state index contributed by atoms with van der Waals surface area (Å²) in [7, 11) is 0. The Balaban J connectivity index is 2.76. The molecule has 0 aliphatic rings. The van der Waals surface area contributed by atoms with Crippen molar-refractivity contribution in [1.82, 2.24) is 4.57 Å². The van der Waals surface area contributed by atoms with Crippen LogP contribution in [0.3, 0.4) is 0 Å². The molecule has 2 rings (SSSR count). The molecule has 0 atom stereocenters. The number of hydrogen-bond donors (Lipinski definition) is 2. The molecule has 0 spiro atoms. The van der Waals surface area contributed by atoms with Gasteiger partial charge in [-0.1, -0.05) is 17.7 Å². The number of aliphatic hydroxyl groups is 1. The lowest BCUT2D eigenvalue weighted by molar-refractivity contribution is 0.197. The fourth-order valence-electron chi connectivity index (χ4n) is 1.51. The van der Waals surface area contributed by atoms with Crippen LogP contribution in [0.25, 0.3) is 10.9 Å². The van der Waals surface area contributed by atoms with E-state index in [0.29, 0.717) is 21.5 Å². The predicted molar refractivity (Wildman–Crippen MR) is 56.3 cm³/mol. The molecule has 0 radical (unpaired) electrons. The minimum Gasteiger partial charge on any atom is -0.464 e. The first kappa shape index (κ1) is 10.0. The Morgan fingerprint density at radius 3 is 2.73 bits per heavy atom. The van der Waals surface area contributed by atoms with E-state index < -0.39 is 6.09 Å². The summed E-state index contributed by atoms with van der Waals surface area (Å²) in [5.74, 6) is 0. The molecular formula is C10H8ClNO3. The second-order valence-corrected chi connectivity index (χ2v) is 3.48. The normalized spacial score (nSPS) is 10.8. The van der Waals surface area contributed by atoms with Crippen molar-refractivity contribution in [1.29, 1.82) is 0 Å². The van der Waals surface area contributed by atoms with Crippen LogP contribution in [0.5, 0.6) is 0 Å². The lowest BCUT2D eigenvalue weighted by Crippen LogP contribution is -2.05. The van der Waals surface area contributed by atoms with Gasteiger partial charge in [-0.3, -0.25) is 4.57 Å². The number of aromatic nitrogens is 1. The Kier molecular flexibility index (Phi) is 2.38. The number of aliphatic hydroxyl groups excluding tert-OH is 1. The molecule has 0 bridgehead atoms. The van der Waals surface area contributed by atoms with E-state index in [9.17, 15) is 4.79 Å². The zero-order chi connectivity index (χ0) is 11.0. The molecule has 0 saturated heterocycles. The highest BCUT2D eigenvalue weighted by Crippen LogP contribution is 2.28. The van der Waals surface area contributed by atoms with Crippen LogP contribution < -0.4 is 0 Å². The van der Waals surface area contributed by atoms with E-state index in [-0.39, 0.29) is 6.61 Å². The zero-order valence-corrected chi connectivity index (χ0v) is 8.40. The first-order valence-corrected chi connectivity index (χ1v) is 4.65. The summed E-state index contributed by atoms with van der Waals surface area (Å²) in [6, 6.07) is 4.86. The van der Waals surface area contributed by atoms with Crippen LogP contribution in [0, 0.1) is 0 Å². The maximum absolute atomic E-state index is 10.8. The third kappa shape index (κ3) is 1.48. The van der Waals surface area contributed by atoms with Crippen molar-refractivity contribution in [2.24, 2.45) is 0 Å². The molecule has 0 aliphatic heterocycles. The van der Waals surface area contributed by atoms with Gasteiger partial charge in [0.15, 0.2) is 0 Å². The number of benzene rings is 1. The summed E-state index contributed by atoms with van der Waals surface area (Å²) in [6.07, 6.45) is 0.373. The number of hydrogen-bond acceptors (Lipinski definition) is 2. The first-order chi connectivity index (χ1) is 7.15. The van der Waals surface area contributed by atoms with Gasteiger partial charge in [0.25, 0.3) is 0 Å². The van der Waals surface area contributed by atoms with Crippen LogP contribution in [-0.2, 0) is 6.61 Å². The van der Waals surface area contributed by atoms with Crippen molar-refractivity contribution in [2.45, 2.75) is 6.61 Å². The van der Waals surface area contributed by atoms with Gasteiger partial charge in [-0.05, 0) is 17.7 Å². The maximum atomic E-state index is 10.8. The summed E-state index contributed by atoms with van der Waals surface area (Å²) >= 11 is 5.99.